The summed E-state index contributed by atoms with van der Waals surface area (Å²) in [7, 11) is 0. The van der Waals surface area contributed by atoms with E-state index in [4.69, 9.17) is 0 Å². The fourth-order valence-corrected chi connectivity index (χ4v) is 4.12. The third-order valence-electron chi connectivity index (χ3n) is 5.20. The summed E-state index contributed by atoms with van der Waals surface area (Å²) in [6, 6.07) is 43.5. The van der Waals surface area contributed by atoms with Crippen LogP contribution in [0.5, 0.6) is 0 Å². The largest absolute Gasteiger partial charge is 1.00 e. The van der Waals surface area contributed by atoms with Crippen LogP contribution in [0.2, 0.25) is 0 Å². The van der Waals surface area contributed by atoms with Crippen LogP contribution < -0.4 is 51.4 Å². The molecule has 3 heteroatoms. The molecule has 0 aliphatic heterocycles. The van der Waals surface area contributed by atoms with E-state index in [1.54, 1.807) is 0 Å². The summed E-state index contributed by atoms with van der Waals surface area (Å²) in [5.41, 5.74) is 5.36. The standard InChI is InChI=1S/C24H20B.ClH.Na/c1-5-13-21(14-6-1)25(22-15-7-2-8-16-22,23-17-9-3-10-18-23)24-19-11-4-12-20-24;;/h1-20H;1H;/q-1;;+1. The summed E-state index contributed by atoms with van der Waals surface area (Å²) in [6.45, 7) is 0. The Kier molecular flexibility index (Phi) is 7.95. The molecule has 4 aromatic rings. The summed E-state index contributed by atoms with van der Waals surface area (Å²) < 4.78 is 0. The molecule has 0 heterocycles. The Labute approximate surface area is 190 Å². The molecule has 0 fully saturated rings. The van der Waals surface area contributed by atoms with Gasteiger partial charge in [-0.2, -0.15) is 21.9 Å². The molecule has 0 aliphatic rings. The number of hydrogen-bond donors (Lipinski definition) is 0. The van der Waals surface area contributed by atoms with E-state index in [0.29, 0.717) is 0 Å². The smallest absolute Gasteiger partial charge is 0.195 e. The van der Waals surface area contributed by atoms with Gasteiger partial charge in [-0.3, -0.25) is 0 Å². The second-order valence-electron chi connectivity index (χ2n) is 6.51. The molecule has 0 spiro atoms. The Balaban J connectivity index is 0.00000131. The average Bonchev–Trinajstić information content (AvgIpc) is 2.72. The summed E-state index contributed by atoms with van der Waals surface area (Å²) >= 11 is 0. The van der Waals surface area contributed by atoms with Gasteiger partial charge < -0.3 is 0 Å². The molecule has 0 aromatic heterocycles. The van der Waals surface area contributed by atoms with E-state index in [0.717, 1.165) is 0 Å². The van der Waals surface area contributed by atoms with E-state index in [1.165, 1.54) is 21.9 Å². The Morgan fingerprint density at radius 3 is 0.704 bits per heavy atom. The first-order valence-corrected chi connectivity index (χ1v) is 8.80. The molecule has 4 rings (SSSR count). The van der Waals surface area contributed by atoms with Gasteiger partial charge in [0.05, 0.1) is 0 Å². The van der Waals surface area contributed by atoms with Crippen molar-refractivity contribution in [3.8, 4) is 0 Å². The Bertz CT molecular complexity index is 765. The first-order chi connectivity index (χ1) is 12.4. The van der Waals surface area contributed by atoms with Gasteiger partial charge in [0.25, 0.3) is 0 Å². The third-order valence-corrected chi connectivity index (χ3v) is 5.20. The van der Waals surface area contributed by atoms with Gasteiger partial charge in [-0.15, -0.1) is 12.4 Å². The van der Waals surface area contributed by atoms with Crippen molar-refractivity contribution in [3.63, 3.8) is 0 Å². The normalized spacial score (nSPS) is 10.4. The molecule has 0 atom stereocenters. The third kappa shape index (κ3) is 4.07. The molecule has 27 heavy (non-hydrogen) atoms. The minimum atomic E-state index is -1.22. The number of benzene rings is 4. The topological polar surface area (TPSA) is 0 Å². The Morgan fingerprint density at radius 2 is 0.519 bits per heavy atom. The van der Waals surface area contributed by atoms with Crippen molar-refractivity contribution in [2.24, 2.45) is 0 Å². The number of hydrogen-bond acceptors (Lipinski definition) is 0. The average molecular weight is 379 g/mol. The molecule has 4 aromatic carbocycles. The van der Waals surface area contributed by atoms with Gasteiger partial charge in [0.2, 0.25) is 0 Å². The predicted molar refractivity (Wildman–Crippen MR) is 117 cm³/mol. The van der Waals surface area contributed by atoms with Crippen LogP contribution in [-0.4, -0.2) is 6.15 Å². The van der Waals surface area contributed by atoms with Gasteiger partial charge in [-0.25, -0.2) is 0 Å². The van der Waals surface area contributed by atoms with Crippen molar-refractivity contribution >= 4 is 40.4 Å². The summed E-state index contributed by atoms with van der Waals surface area (Å²) in [5.74, 6) is 0. The van der Waals surface area contributed by atoms with Crippen molar-refractivity contribution in [2.45, 2.75) is 0 Å². The van der Waals surface area contributed by atoms with Crippen LogP contribution in [-0.2, 0) is 0 Å². The molecule has 0 N–H and O–H groups in total. The maximum absolute atomic E-state index is 2.26. The van der Waals surface area contributed by atoms with E-state index in [2.05, 4.69) is 121 Å². The Hall–Kier alpha value is -1.77. The number of rotatable bonds is 4. The van der Waals surface area contributed by atoms with Crippen molar-refractivity contribution in [2.75, 3.05) is 0 Å². The molecule has 0 aliphatic carbocycles. The summed E-state index contributed by atoms with van der Waals surface area (Å²) in [6.07, 6.45) is -1.22. The van der Waals surface area contributed by atoms with Crippen LogP contribution >= 0.6 is 12.4 Å². The monoisotopic (exact) mass is 378 g/mol. The maximum Gasteiger partial charge on any atom is 1.00 e. The zero-order valence-corrected chi connectivity index (χ0v) is 18.3. The molecular weight excluding hydrogens is 358 g/mol. The first-order valence-electron chi connectivity index (χ1n) is 8.80. The van der Waals surface area contributed by atoms with Crippen LogP contribution in [0.1, 0.15) is 0 Å². The minimum Gasteiger partial charge on any atom is -0.195 e. The van der Waals surface area contributed by atoms with E-state index < -0.39 is 6.15 Å². The second-order valence-corrected chi connectivity index (χ2v) is 6.51. The number of halogens is 1. The van der Waals surface area contributed by atoms with E-state index in [1.807, 2.05) is 0 Å². The summed E-state index contributed by atoms with van der Waals surface area (Å²) in [5, 5.41) is 0. The molecular formula is C24H21BClNa. The predicted octanol–water partition coefficient (Wildman–Crippen LogP) is 0.490. The second kappa shape index (κ2) is 9.96. The van der Waals surface area contributed by atoms with Gasteiger partial charge in [0.15, 0.2) is 0 Å². The van der Waals surface area contributed by atoms with E-state index in [9.17, 15) is 0 Å². The van der Waals surface area contributed by atoms with Crippen LogP contribution in [0.3, 0.4) is 0 Å². The zero-order chi connectivity index (χ0) is 17.0. The van der Waals surface area contributed by atoms with E-state index >= 15 is 0 Å². The summed E-state index contributed by atoms with van der Waals surface area (Å²) in [4.78, 5) is 0. The van der Waals surface area contributed by atoms with E-state index in [-0.39, 0.29) is 42.0 Å². The maximum atomic E-state index is 2.26. The molecule has 0 radical (unpaired) electrons. The molecule has 0 unspecified atom stereocenters. The Morgan fingerprint density at radius 1 is 0.333 bits per heavy atom. The molecule has 0 nitrogen and oxygen atoms in total. The SMILES string of the molecule is Cl.[Na+].c1ccc([B-](c2ccccc2)(c2ccccc2)c2ccccc2)cc1. The van der Waals surface area contributed by atoms with Gasteiger partial charge in [-0.05, 0) is 0 Å². The van der Waals surface area contributed by atoms with Crippen LogP contribution in [0.25, 0.3) is 0 Å². The first kappa shape index (κ1) is 21.5. The van der Waals surface area contributed by atoms with Gasteiger partial charge in [-0.1, -0.05) is 121 Å². The zero-order valence-electron chi connectivity index (χ0n) is 15.5. The van der Waals surface area contributed by atoms with Gasteiger partial charge in [0.1, 0.15) is 6.15 Å². The van der Waals surface area contributed by atoms with Crippen LogP contribution in [0.15, 0.2) is 121 Å². The van der Waals surface area contributed by atoms with Gasteiger partial charge >= 0.3 is 29.6 Å². The van der Waals surface area contributed by atoms with Gasteiger partial charge in [0, 0.05) is 0 Å². The van der Waals surface area contributed by atoms with Crippen molar-refractivity contribution < 1.29 is 29.6 Å². The fraction of sp³-hybridized carbons (Fsp3) is 0. The molecule has 0 saturated heterocycles. The van der Waals surface area contributed by atoms with Crippen LogP contribution in [0, 0.1) is 0 Å². The molecule has 0 saturated carbocycles. The van der Waals surface area contributed by atoms with Crippen LogP contribution in [0.4, 0.5) is 0 Å². The minimum absolute atomic E-state index is 0. The molecule has 0 bridgehead atoms. The molecule has 0 amide bonds. The van der Waals surface area contributed by atoms with Crippen molar-refractivity contribution in [1.82, 2.24) is 0 Å². The fourth-order valence-electron chi connectivity index (χ4n) is 4.12. The molecule has 128 valence electrons. The quantitative estimate of drug-likeness (QED) is 0.454. The van der Waals surface area contributed by atoms with Crippen molar-refractivity contribution in [1.29, 1.82) is 0 Å². The van der Waals surface area contributed by atoms with Crippen molar-refractivity contribution in [3.05, 3.63) is 121 Å².